The fraction of sp³-hybridized carbons (Fsp3) is 0.917. The Kier molecular flexibility index (Phi) is 2.23. The lowest BCUT2D eigenvalue weighted by Crippen LogP contribution is -2.35. The van der Waals surface area contributed by atoms with E-state index in [2.05, 4.69) is 10.2 Å². The first-order valence-corrected chi connectivity index (χ1v) is 6.27. The number of carbonyl (C=O) groups is 1. The van der Waals surface area contributed by atoms with Gasteiger partial charge < -0.3 is 10.2 Å². The number of hydrogen-bond acceptors (Lipinski definition) is 2. The van der Waals surface area contributed by atoms with Crippen molar-refractivity contribution in [3.63, 3.8) is 0 Å². The van der Waals surface area contributed by atoms with Crippen molar-refractivity contribution in [2.24, 2.45) is 17.8 Å². The molecule has 3 nitrogen and oxygen atoms in total. The molecule has 3 aliphatic rings. The minimum absolute atomic E-state index is 0.425. The molecule has 3 heteroatoms. The molecule has 1 aliphatic heterocycles. The first-order valence-electron chi connectivity index (χ1n) is 6.27. The van der Waals surface area contributed by atoms with Gasteiger partial charge in [-0.1, -0.05) is 6.42 Å². The molecule has 0 bridgehead atoms. The minimum Gasteiger partial charge on any atom is -0.341 e. The summed E-state index contributed by atoms with van der Waals surface area (Å²) in [7, 11) is 1.99. The standard InChI is InChI=1S/C12H20N2O/c1-13-8-5-6-14(7-8)12(15)11-9-3-2-4-10(9)11/h8-11,13H,2-7H2,1H3. The van der Waals surface area contributed by atoms with Gasteiger partial charge >= 0.3 is 0 Å². The van der Waals surface area contributed by atoms with Crippen molar-refractivity contribution in [3.8, 4) is 0 Å². The Morgan fingerprint density at radius 1 is 1.27 bits per heavy atom. The highest BCUT2D eigenvalue weighted by Gasteiger charge is 2.57. The van der Waals surface area contributed by atoms with Crippen LogP contribution in [0.4, 0.5) is 0 Å². The summed E-state index contributed by atoms with van der Waals surface area (Å²) in [6.07, 6.45) is 5.11. The molecule has 3 rings (SSSR count). The van der Waals surface area contributed by atoms with Crippen LogP contribution in [0.1, 0.15) is 25.7 Å². The zero-order valence-electron chi connectivity index (χ0n) is 9.41. The van der Waals surface area contributed by atoms with Crippen LogP contribution in [-0.2, 0) is 4.79 Å². The van der Waals surface area contributed by atoms with E-state index >= 15 is 0 Å². The fourth-order valence-electron chi connectivity index (χ4n) is 3.59. The molecule has 0 radical (unpaired) electrons. The number of amides is 1. The van der Waals surface area contributed by atoms with Gasteiger partial charge in [0.25, 0.3) is 0 Å². The molecule has 0 aromatic carbocycles. The van der Waals surface area contributed by atoms with Gasteiger partial charge in [-0.25, -0.2) is 0 Å². The maximum Gasteiger partial charge on any atom is 0.226 e. The minimum atomic E-state index is 0.425. The largest absolute Gasteiger partial charge is 0.341 e. The average Bonchev–Trinajstić information content (AvgIpc) is 2.73. The Balaban J connectivity index is 1.58. The van der Waals surface area contributed by atoms with Crippen LogP contribution in [0.25, 0.3) is 0 Å². The number of likely N-dealkylation sites (N-methyl/N-ethyl adjacent to an activating group) is 1. The number of likely N-dealkylation sites (tertiary alicyclic amines) is 1. The quantitative estimate of drug-likeness (QED) is 0.730. The Bertz CT molecular complexity index is 269. The monoisotopic (exact) mass is 208 g/mol. The summed E-state index contributed by atoms with van der Waals surface area (Å²) in [6, 6.07) is 0.535. The Morgan fingerprint density at radius 2 is 2.00 bits per heavy atom. The topological polar surface area (TPSA) is 32.3 Å². The predicted octanol–water partition coefficient (Wildman–Crippen LogP) is 0.853. The van der Waals surface area contributed by atoms with Gasteiger partial charge in [-0.2, -0.15) is 0 Å². The first-order chi connectivity index (χ1) is 7.31. The SMILES string of the molecule is CNC1CCN(C(=O)C2C3CCCC32)C1. The van der Waals surface area contributed by atoms with Crippen molar-refractivity contribution in [2.75, 3.05) is 20.1 Å². The molecule has 3 atom stereocenters. The summed E-state index contributed by atoms with van der Waals surface area (Å²) in [5, 5.41) is 3.26. The highest BCUT2D eigenvalue weighted by molar-refractivity contribution is 5.82. The number of nitrogens with one attached hydrogen (secondary N) is 1. The van der Waals surface area contributed by atoms with Gasteiger partial charge in [-0.15, -0.1) is 0 Å². The lowest BCUT2D eigenvalue weighted by Gasteiger charge is -2.17. The van der Waals surface area contributed by atoms with Crippen LogP contribution in [0, 0.1) is 17.8 Å². The van der Waals surface area contributed by atoms with Crippen LogP contribution < -0.4 is 5.32 Å². The van der Waals surface area contributed by atoms with Crippen LogP contribution in [0.3, 0.4) is 0 Å². The van der Waals surface area contributed by atoms with E-state index < -0.39 is 0 Å². The summed E-state index contributed by atoms with van der Waals surface area (Å²) in [5.41, 5.74) is 0. The number of nitrogens with zero attached hydrogens (tertiary/aromatic N) is 1. The molecule has 15 heavy (non-hydrogen) atoms. The van der Waals surface area contributed by atoms with Crippen LogP contribution in [0.2, 0.25) is 0 Å². The third kappa shape index (κ3) is 1.48. The molecule has 1 amide bonds. The molecule has 2 saturated carbocycles. The molecule has 3 unspecified atom stereocenters. The summed E-state index contributed by atoms with van der Waals surface area (Å²) >= 11 is 0. The third-order valence-electron chi connectivity index (χ3n) is 4.60. The van der Waals surface area contributed by atoms with E-state index in [0.717, 1.165) is 31.3 Å². The predicted molar refractivity (Wildman–Crippen MR) is 58.4 cm³/mol. The average molecular weight is 208 g/mol. The van der Waals surface area contributed by atoms with E-state index in [1.54, 1.807) is 0 Å². The molecular formula is C12H20N2O. The van der Waals surface area contributed by atoms with Gasteiger partial charge in [-0.05, 0) is 38.1 Å². The lowest BCUT2D eigenvalue weighted by atomic mass is 10.1. The van der Waals surface area contributed by atoms with Gasteiger partial charge in [0.2, 0.25) is 5.91 Å². The second kappa shape index (κ2) is 3.48. The van der Waals surface area contributed by atoms with Gasteiger partial charge in [-0.3, -0.25) is 4.79 Å². The van der Waals surface area contributed by atoms with Crippen molar-refractivity contribution in [1.29, 1.82) is 0 Å². The van der Waals surface area contributed by atoms with E-state index in [4.69, 9.17) is 0 Å². The van der Waals surface area contributed by atoms with E-state index in [-0.39, 0.29) is 0 Å². The molecule has 1 heterocycles. The van der Waals surface area contributed by atoms with E-state index in [0.29, 0.717) is 17.9 Å². The zero-order chi connectivity index (χ0) is 10.4. The normalized spacial score (nSPS) is 43.1. The molecule has 1 N–H and O–H groups in total. The molecule has 0 aromatic heterocycles. The Labute approximate surface area is 91.2 Å². The molecular weight excluding hydrogens is 188 g/mol. The van der Waals surface area contributed by atoms with Gasteiger partial charge in [0, 0.05) is 25.0 Å². The second-order valence-electron chi connectivity index (χ2n) is 5.34. The maximum absolute atomic E-state index is 12.2. The highest BCUT2D eigenvalue weighted by Crippen LogP contribution is 2.58. The van der Waals surface area contributed by atoms with Crippen LogP contribution in [-0.4, -0.2) is 37.0 Å². The number of rotatable bonds is 2. The van der Waals surface area contributed by atoms with Gasteiger partial charge in [0.05, 0.1) is 0 Å². The summed E-state index contributed by atoms with van der Waals surface area (Å²) in [5.74, 6) is 2.43. The van der Waals surface area contributed by atoms with Gasteiger partial charge in [0.1, 0.15) is 0 Å². The van der Waals surface area contributed by atoms with Crippen molar-refractivity contribution < 1.29 is 4.79 Å². The summed E-state index contributed by atoms with van der Waals surface area (Å²) in [4.78, 5) is 14.3. The molecule has 84 valence electrons. The molecule has 1 saturated heterocycles. The highest BCUT2D eigenvalue weighted by atomic mass is 16.2. The van der Waals surface area contributed by atoms with E-state index in [9.17, 15) is 4.79 Å². The van der Waals surface area contributed by atoms with E-state index in [1.807, 2.05) is 7.05 Å². The van der Waals surface area contributed by atoms with E-state index in [1.165, 1.54) is 19.3 Å². The fourth-order valence-corrected chi connectivity index (χ4v) is 3.59. The van der Waals surface area contributed by atoms with Crippen molar-refractivity contribution in [3.05, 3.63) is 0 Å². The van der Waals surface area contributed by atoms with Crippen molar-refractivity contribution in [2.45, 2.75) is 31.7 Å². The maximum atomic E-state index is 12.2. The lowest BCUT2D eigenvalue weighted by molar-refractivity contribution is -0.132. The summed E-state index contributed by atoms with van der Waals surface area (Å²) < 4.78 is 0. The van der Waals surface area contributed by atoms with Crippen LogP contribution in [0.15, 0.2) is 0 Å². The number of carbonyl (C=O) groups excluding carboxylic acids is 1. The molecule has 2 aliphatic carbocycles. The molecule has 0 aromatic rings. The van der Waals surface area contributed by atoms with Crippen LogP contribution >= 0.6 is 0 Å². The summed E-state index contributed by atoms with van der Waals surface area (Å²) in [6.45, 7) is 1.91. The zero-order valence-corrected chi connectivity index (χ0v) is 9.41. The van der Waals surface area contributed by atoms with Crippen molar-refractivity contribution in [1.82, 2.24) is 10.2 Å². The van der Waals surface area contributed by atoms with Gasteiger partial charge in [0.15, 0.2) is 0 Å². The smallest absolute Gasteiger partial charge is 0.226 e. The van der Waals surface area contributed by atoms with Crippen LogP contribution in [0.5, 0.6) is 0 Å². The number of hydrogen-bond donors (Lipinski definition) is 1. The molecule has 3 fully saturated rings. The second-order valence-corrected chi connectivity index (χ2v) is 5.34. The molecule has 0 spiro atoms. The number of fused-ring (bicyclic) bond motifs is 1. The van der Waals surface area contributed by atoms with Crippen molar-refractivity contribution >= 4 is 5.91 Å². The Morgan fingerprint density at radius 3 is 2.60 bits per heavy atom. The Hall–Kier alpha value is -0.570. The first kappa shape index (κ1) is 9.64. The third-order valence-corrected chi connectivity index (χ3v) is 4.60.